The van der Waals surface area contributed by atoms with Crippen molar-refractivity contribution < 1.29 is 80.2 Å². The van der Waals surface area contributed by atoms with Crippen molar-refractivity contribution in [3.8, 4) is 0 Å². The van der Waals surface area contributed by atoms with Gasteiger partial charge in [-0.2, -0.15) is 0 Å². The quantitative estimate of drug-likeness (QED) is 0.0222. The Morgan fingerprint density at radius 3 is 0.729 bits per heavy atom. The first kappa shape index (κ1) is 83.1. The minimum Gasteiger partial charge on any atom is -0.462 e. The highest BCUT2D eigenvalue weighted by Gasteiger charge is 2.30. The third kappa shape index (κ3) is 60.7. The van der Waals surface area contributed by atoms with E-state index in [0.717, 1.165) is 115 Å². The first-order valence-electron chi connectivity index (χ1n) is 34.2. The maximum absolute atomic E-state index is 13.0. The van der Waals surface area contributed by atoms with Crippen LogP contribution in [0, 0.1) is 23.7 Å². The van der Waals surface area contributed by atoms with E-state index >= 15 is 0 Å². The standard InChI is InChI=1S/C66H128O17P2/c1-56(2)42-34-26-18-13-9-11-15-21-32-40-48-65(70)82-61(52-76-63(68)46-38-30-23-17-20-28-36-44-58(5)6)54-80-84(72,73)78-50-60(67)51-79-85(74,75)81-55-62(53-77-64(69)47-39-31-25-24-29-37-45-59(7)8)83-66(71)49-41-33-22-16-12-10-14-19-27-35-43-57(3)4/h56-62,67H,9-55H2,1-8H3,(H,72,73)(H,74,75)/t60-,61-,62-/m1/s1. The van der Waals surface area contributed by atoms with Crippen LogP contribution in [0.1, 0.15) is 319 Å². The summed E-state index contributed by atoms with van der Waals surface area (Å²) >= 11 is 0. The number of phosphoric ester groups is 2. The number of aliphatic hydroxyl groups excluding tert-OH is 1. The molecular weight excluding hydrogens is 1130 g/mol. The lowest BCUT2D eigenvalue weighted by Gasteiger charge is -2.21. The molecule has 0 saturated heterocycles. The summed E-state index contributed by atoms with van der Waals surface area (Å²) in [6.45, 7) is 14.0. The van der Waals surface area contributed by atoms with E-state index in [9.17, 15) is 43.2 Å². The molecule has 0 amide bonds. The molecule has 0 spiro atoms. The fourth-order valence-corrected chi connectivity index (χ4v) is 11.4. The van der Waals surface area contributed by atoms with Gasteiger partial charge in [0.15, 0.2) is 12.2 Å². The van der Waals surface area contributed by atoms with Crippen LogP contribution < -0.4 is 0 Å². The van der Waals surface area contributed by atoms with Gasteiger partial charge in [-0.25, -0.2) is 9.13 Å². The topological polar surface area (TPSA) is 237 Å². The molecule has 0 aliphatic carbocycles. The molecule has 2 unspecified atom stereocenters. The number of carbonyl (C=O) groups excluding carboxylic acids is 4. The Kier molecular flexibility index (Phi) is 54.8. The van der Waals surface area contributed by atoms with Crippen molar-refractivity contribution >= 4 is 39.5 Å². The zero-order valence-corrected chi connectivity index (χ0v) is 57.0. The lowest BCUT2D eigenvalue weighted by atomic mass is 10.0. The molecule has 0 aliphatic rings. The molecule has 0 rings (SSSR count). The van der Waals surface area contributed by atoms with Crippen LogP contribution in [0.5, 0.6) is 0 Å². The van der Waals surface area contributed by atoms with Gasteiger partial charge in [0.1, 0.15) is 19.3 Å². The molecule has 0 aromatic carbocycles. The molecule has 19 heteroatoms. The van der Waals surface area contributed by atoms with Crippen molar-refractivity contribution in [3.63, 3.8) is 0 Å². The zero-order chi connectivity index (χ0) is 63.2. The third-order valence-electron chi connectivity index (χ3n) is 15.1. The van der Waals surface area contributed by atoms with E-state index in [0.29, 0.717) is 37.5 Å². The number of carbonyl (C=O) groups is 4. The molecule has 0 bridgehead atoms. The molecular formula is C66H128O17P2. The average molecular weight is 1260 g/mol. The first-order valence-corrected chi connectivity index (χ1v) is 37.2. The van der Waals surface area contributed by atoms with Crippen LogP contribution in [0.4, 0.5) is 0 Å². The van der Waals surface area contributed by atoms with E-state index in [1.165, 1.54) is 109 Å². The van der Waals surface area contributed by atoms with Gasteiger partial charge >= 0.3 is 39.5 Å². The fraction of sp³-hybridized carbons (Fsp3) is 0.939. The second-order valence-corrected chi connectivity index (χ2v) is 28.7. The largest absolute Gasteiger partial charge is 0.472 e. The van der Waals surface area contributed by atoms with Crippen LogP contribution in [-0.4, -0.2) is 96.7 Å². The summed E-state index contributed by atoms with van der Waals surface area (Å²) in [5.74, 6) is 0.751. The number of aliphatic hydroxyl groups is 1. The molecule has 0 aromatic heterocycles. The SMILES string of the molecule is CC(C)CCCCCCCCCCCCC(=O)O[C@H](COC(=O)CCCCCCCCCC(C)C)COP(=O)(O)OC[C@@H](O)COP(=O)(O)OC[C@@H](COC(=O)CCCCCCCCC(C)C)OC(=O)CCCCCCCCCCCCC(C)C. The van der Waals surface area contributed by atoms with E-state index in [1.54, 1.807) is 0 Å². The smallest absolute Gasteiger partial charge is 0.462 e. The highest BCUT2D eigenvalue weighted by Crippen LogP contribution is 2.45. The van der Waals surface area contributed by atoms with Crippen molar-refractivity contribution in [1.29, 1.82) is 0 Å². The van der Waals surface area contributed by atoms with E-state index in [-0.39, 0.29) is 25.7 Å². The number of esters is 4. The molecule has 0 saturated carbocycles. The predicted molar refractivity (Wildman–Crippen MR) is 340 cm³/mol. The number of rotatable bonds is 63. The number of unbranched alkanes of at least 4 members (excludes halogenated alkanes) is 29. The summed E-state index contributed by atoms with van der Waals surface area (Å²) in [5.41, 5.74) is 0. The molecule has 5 atom stereocenters. The summed E-state index contributed by atoms with van der Waals surface area (Å²) < 4.78 is 68.1. The molecule has 504 valence electrons. The predicted octanol–water partition coefficient (Wildman–Crippen LogP) is 18.1. The van der Waals surface area contributed by atoms with Gasteiger partial charge in [-0.1, -0.05) is 267 Å². The van der Waals surface area contributed by atoms with E-state index < -0.39 is 97.5 Å². The Labute approximate surface area is 517 Å². The number of phosphoric acid groups is 2. The van der Waals surface area contributed by atoms with Gasteiger partial charge in [0, 0.05) is 25.7 Å². The Morgan fingerprint density at radius 2 is 0.494 bits per heavy atom. The molecule has 17 nitrogen and oxygen atoms in total. The Balaban J connectivity index is 5.25. The van der Waals surface area contributed by atoms with Crippen LogP contribution in [0.15, 0.2) is 0 Å². The van der Waals surface area contributed by atoms with Crippen LogP contribution in [0.2, 0.25) is 0 Å². The molecule has 3 N–H and O–H groups in total. The van der Waals surface area contributed by atoms with Crippen molar-refractivity contribution in [2.45, 2.75) is 337 Å². The Bertz CT molecular complexity index is 1700. The number of hydrogen-bond donors (Lipinski definition) is 3. The molecule has 0 aromatic rings. The normalized spacial score (nSPS) is 14.4. The highest BCUT2D eigenvalue weighted by atomic mass is 31.2. The van der Waals surface area contributed by atoms with Crippen LogP contribution in [-0.2, 0) is 65.4 Å². The van der Waals surface area contributed by atoms with Gasteiger partial charge in [-0.3, -0.25) is 37.3 Å². The van der Waals surface area contributed by atoms with Crippen LogP contribution >= 0.6 is 15.6 Å². The summed E-state index contributed by atoms with van der Waals surface area (Å²) in [5, 5.41) is 10.5. The fourth-order valence-electron chi connectivity index (χ4n) is 9.78. The van der Waals surface area contributed by atoms with Crippen molar-refractivity contribution in [2.24, 2.45) is 23.7 Å². The minimum absolute atomic E-state index is 0.104. The highest BCUT2D eigenvalue weighted by molar-refractivity contribution is 7.47. The maximum Gasteiger partial charge on any atom is 0.472 e. The Morgan fingerprint density at radius 1 is 0.294 bits per heavy atom. The van der Waals surface area contributed by atoms with Crippen LogP contribution in [0.25, 0.3) is 0 Å². The monoisotopic (exact) mass is 1250 g/mol. The molecule has 0 aliphatic heterocycles. The molecule has 0 radical (unpaired) electrons. The summed E-state index contributed by atoms with van der Waals surface area (Å²) in [6.07, 6.45) is 36.4. The van der Waals surface area contributed by atoms with Crippen LogP contribution in [0.3, 0.4) is 0 Å². The zero-order valence-electron chi connectivity index (χ0n) is 55.2. The lowest BCUT2D eigenvalue weighted by molar-refractivity contribution is -0.161. The second kappa shape index (κ2) is 56.1. The summed E-state index contributed by atoms with van der Waals surface area (Å²) in [4.78, 5) is 72.3. The second-order valence-electron chi connectivity index (χ2n) is 25.8. The van der Waals surface area contributed by atoms with Gasteiger partial charge in [0.2, 0.25) is 0 Å². The minimum atomic E-state index is -4.95. The van der Waals surface area contributed by atoms with Crippen molar-refractivity contribution in [2.75, 3.05) is 39.6 Å². The van der Waals surface area contributed by atoms with Gasteiger partial charge in [0.05, 0.1) is 26.4 Å². The number of hydrogen-bond acceptors (Lipinski definition) is 15. The van der Waals surface area contributed by atoms with Crippen molar-refractivity contribution in [1.82, 2.24) is 0 Å². The number of ether oxygens (including phenoxy) is 4. The van der Waals surface area contributed by atoms with E-state index in [1.807, 2.05) is 0 Å². The Hall–Kier alpha value is -1.94. The van der Waals surface area contributed by atoms with Gasteiger partial charge in [0.25, 0.3) is 0 Å². The molecule has 0 fully saturated rings. The van der Waals surface area contributed by atoms with E-state index in [4.69, 9.17) is 37.0 Å². The maximum atomic E-state index is 13.0. The summed E-state index contributed by atoms with van der Waals surface area (Å²) in [6, 6.07) is 0. The lowest BCUT2D eigenvalue weighted by Crippen LogP contribution is -2.30. The van der Waals surface area contributed by atoms with E-state index in [2.05, 4.69) is 55.4 Å². The van der Waals surface area contributed by atoms with Gasteiger partial charge in [-0.15, -0.1) is 0 Å². The molecule has 85 heavy (non-hydrogen) atoms. The summed E-state index contributed by atoms with van der Waals surface area (Å²) in [7, 11) is -9.89. The van der Waals surface area contributed by atoms with Gasteiger partial charge < -0.3 is 33.8 Å². The third-order valence-corrected chi connectivity index (χ3v) is 17.0. The van der Waals surface area contributed by atoms with Gasteiger partial charge in [-0.05, 0) is 49.4 Å². The molecule has 0 heterocycles. The van der Waals surface area contributed by atoms with Crippen molar-refractivity contribution in [3.05, 3.63) is 0 Å². The first-order chi connectivity index (χ1) is 40.6. The average Bonchev–Trinajstić information content (AvgIpc) is 3.54.